The summed E-state index contributed by atoms with van der Waals surface area (Å²) < 4.78 is 13.1. The molecule has 1 unspecified atom stereocenters. The fraction of sp³-hybridized carbons (Fsp3) is 0.615. The minimum Gasteiger partial charge on any atom is -0.394 e. The van der Waals surface area contributed by atoms with Crippen LogP contribution in [0, 0.1) is 0 Å². The van der Waals surface area contributed by atoms with E-state index in [0.717, 1.165) is 0 Å². The first-order valence-corrected chi connectivity index (χ1v) is 6.98. The van der Waals surface area contributed by atoms with E-state index in [1.54, 1.807) is 24.7 Å². The molecule has 120 valence electrons. The van der Waals surface area contributed by atoms with Crippen molar-refractivity contribution in [3.63, 3.8) is 0 Å². The van der Waals surface area contributed by atoms with Crippen LogP contribution >= 0.6 is 0 Å². The average Bonchev–Trinajstić information content (AvgIpc) is 3.01. The van der Waals surface area contributed by atoms with Gasteiger partial charge in [0.25, 0.3) is 0 Å². The van der Waals surface area contributed by atoms with Gasteiger partial charge in [0.15, 0.2) is 23.5 Å². The van der Waals surface area contributed by atoms with E-state index < -0.39 is 18.1 Å². The molecule has 22 heavy (non-hydrogen) atoms. The number of nitrogens with zero attached hydrogens (tertiary/aromatic N) is 4. The number of anilines is 1. The molecule has 2 aromatic rings. The van der Waals surface area contributed by atoms with Crippen LogP contribution in [0.5, 0.6) is 0 Å². The van der Waals surface area contributed by atoms with Gasteiger partial charge >= 0.3 is 0 Å². The van der Waals surface area contributed by atoms with Crippen LogP contribution in [0.2, 0.25) is 0 Å². The van der Waals surface area contributed by atoms with Crippen molar-refractivity contribution in [2.24, 2.45) is 0 Å². The van der Waals surface area contributed by atoms with Crippen LogP contribution in [0.1, 0.15) is 26.5 Å². The molecular formula is C13H19N5O4. The maximum atomic E-state index is 9.90. The number of imidazole rings is 1. The highest BCUT2D eigenvalue weighted by atomic mass is 16.7. The summed E-state index contributed by atoms with van der Waals surface area (Å²) in [6.45, 7) is 2.96. The highest BCUT2D eigenvalue weighted by molar-refractivity contribution is 5.81. The lowest BCUT2D eigenvalue weighted by Gasteiger charge is -2.27. The van der Waals surface area contributed by atoms with Crippen molar-refractivity contribution in [1.29, 1.82) is 0 Å². The first-order chi connectivity index (χ1) is 10.4. The molecule has 9 nitrogen and oxygen atoms in total. The topological polar surface area (TPSA) is 129 Å². The second-order valence-corrected chi connectivity index (χ2v) is 5.75. The molecule has 0 radical (unpaired) electrons. The molecule has 1 aliphatic heterocycles. The van der Waals surface area contributed by atoms with Crippen molar-refractivity contribution < 1.29 is 19.7 Å². The molecule has 3 rings (SSSR count). The molecule has 1 aliphatic rings. The van der Waals surface area contributed by atoms with Crippen LogP contribution in [-0.2, 0) is 9.47 Å². The molecule has 3 heterocycles. The lowest BCUT2D eigenvalue weighted by Crippen LogP contribution is -2.33. The van der Waals surface area contributed by atoms with Crippen molar-refractivity contribution in [3.05, 3.63) is 12.7 Å². The Kier molecular flexibility index (Phi) is 3.73. The van der Waals surface area contributed by atoms with Crippen LogP contribution in [0.15, 0.2) is 12.7 Å². The lowest BCUT2D eigenvalue weighted by molar-refractivity contribution is -0.222. The molecule has 2 aromatic heterocycles. The van der Waals surface area contributed by atoms with Gasteiger partial charge in [0.2, 0.25) is 0 Å². The minimum atomic E-state index is -1.32. The molecule has 9 heteroatoms. The predicted octanol–water partition coefficient (Wildman–Crippen LogP) is -0.198. The number of fused-ring (bicyclic) bond motifs is 1. The number of aliphatic hydroxyl groups excluding tert-OH is 1. The van der Waals surface area contributed by atoms with Gasteiger partial charge in [-0.2, -0.15) is 0 Å². The van der Waals surface area contributed by atoms with Crippen LogP contribution in [-0.4, -0.2) is 54.3 Å². The van der Waals surface area contributed by atoms with E-state index >= 15 is 0 Å². The average molecular weight is 309 g/mol. The second kappa shape index (κ2) is 5.43. The number of aliphatic hydroxyl groups is 2. The Hall–Kier alpha value is -1.81. The fourth-order valence-electron chi connectivity index (χ4n) is 2.61. The Bertz CT molecular complexity index is 668. The quantitative estimate of drug-likeness (QED) is 0.662. The third kappa shape index (κ3) is 2.75. The molecule has 3 atom stereocenters. The summed E-state index contributed by atoms with van der Waals surface area (Å²) >= 11 is 0. The standard InChI is InChI=1S/C13H19N5O4/c1-13(2,20)22-8-3-7(4-19)21-12(8)18-6-17-9-10(14)15-5-16-11(9)18/h5-8,12,19-20H,3-4H2,1-2H3,(H2,14,15,16)/t7?,8-,12-/m1/s1. The monoisotopic (exact) mass is 309 g/mol. The zero-order valence-electron chi connectivity index (χ0n) is 12.4. The Balaban J connectivity index is 1.97. The Morgan fingerprint density at radius 1 is 1.45 bits per heavy atom. The summed E-state index contributed by atoms with van der Waals surface area (Å²) in [5.41, 5.74) is 6.77. The van der Waals surface area contributed by atoms with Crippen molar-refractivity contribution in [3.8, 4) is 0 Å². The van der Waals surface area contributed by atoms with E-state index in [1.165, 1.54) is 6.33 Å². The van der Waals surface area contributed by atoms with Crippen molar-refractivity contribution in [2.75, 3.05) is 12.3 Å². The molecule has 0 aliphatic carbocycles. The summed E-state index contributed by atoms with van der Waals surface area (Å²) in [5.74, 6) is -1.04. The lowest BCUT2D eigenvalue weighted by atomic mass is 10.2. The van der Waals surface area contributed by atoms with Gasteiger partial charge in [-0.25, -0.2) is 15.0 Å². The summed E-state index contributed by atoms with van der Waals surface area (Å²) in [7, 11) is 0. The Labute approximate surface area is 126 Å². The highest BCUT2D eigenvalue weighted by Gasteiger charge is 2.40. The maximum Gasteiger partial charge on any atom is 0.167 e. The number of hydrogen-bond acceptors (Lipinski definition) is 8. The Morgan fingerprint density at radius 2 is 2.23 bits per heavy atom. The SMILES string of the molecule is CC(C)(O)O[C@@H]1CC(CO)O[C@H]1n1cnc2c(N)ncnc21. The van der Waals surface area contributed by atoms with Crippen LogP contribution in [0.3, 0.4) is 0 Å². The van der Waals surface area contributed by atoms with Gasteiger partial charge in [-0.3, -0.25) is 4.57 Å². The van der Waals surface area contributed by atoms with Gasteiger partial charge in [0.05, 0.1) is 19.0 Å². The normalized spacial score (nSPS) is 25.9. The number of hydrogen-bond donors (Lipinski definition) is 3. The molecule has 1 saturated heterocycles. The molecule has 0 saturated carbocycles. The van der Waals surface area contributed by atoms with Crippen molar-refractivity contribution in [1.82, 2.24) is 19.5 Å². The second-order valence-electron chi connectivity index (χ2n) is 5.75. The van der Waals surface area contributed by atoms with E-state index in [1.807, 2.05) is 0 Å². The number of rotatable bonds is 4. The van der Waals surface area contributed by atoms with Crippen LogP contribution in [0.25, 0.3) is 11.2 Å². The van der Waals surface area contributed by atoms with E-state index in [-0.39, 0.29) is 18.5 Å². The van der Waals surface area contributed by atoms with Gasteiger partial charge in [0, 0.05) is 6.42 Å². The smallest absolute Gasteiger partial charge is 0.167 e. The maximum absolute atomic E-state index is 9.90. The minimum absolute atomic E-state index is 0.133. The molecular weight excluding hydrogens is 290 g/mol. The van der Waals surface area contributed by atoms with Gasteiger partial charge in [-0.1, -0.05) is 0 Å². The van der Waals surface area contributed by atoms with Gasteiger partial charge in [0.1, 0.15) is 17.9 Å². The number of ether oxygens (including phenoxy) is 2. The largest absolute Gasteiger partial charge is 0.394 e. The number of nitrogens with two attached hydrogens (primary N) is 1. The molecule has 0 amide bonds. The summed E-state index contributed by atoms with van der Waals surface area (Å²) in [4.78, 5) is 12.3. The van der Waals surface area contributed by atoms with Crippen molar-refractivity contribution in [2.45, 2.75) is 44.5 Å². The third-order valence-corrected chi connectivity index (χ3v) is 3.45. The van der Waals surface area contributed by atoms with E-state index in [9.17, 15) is 10.2 Å². The molecule has 0 spiro atoms. The van der Waals surface area contributed by atoms with Gasteiger partial charge < -0.3 is 25.4 Å². The molecule has 1 fully saturated rings. The Morgan fingerprint density at radius 3 is 2.91 bits per heavy atom. The zero-order valence-corrected chi connectivity index (χ0v) is 12.4. The zero-order chi connectivity index (χ0) is 15.9. The van der Waals surface area contributed by atoms with E-state index in [4.69, 9.17) is 15.2 Å². The first kappa shape index (κ1) is 15.1. The highest BCUT2D eigenvalue weighted by Crippen LogP contribution is 2.35. The fourth-order valence-corrected chi connectivity index (χ4v) is 2.61. The van der Waals surface area contributed by atoms with Crippen LogP contribution in [0.4, 0.5) is 5.82 Å². The number of aromatic nitrogens is 4. The van der Waals surface area contributed by atoms with Crippen molar-refractivity contribution >= 4 is 17.0 Å². The predicted molar refractivity (Wildman–Crippen MR) is 76.5 cm³/mol. The molecule has 0 aromatic carbocycles. The summed E-state index contributed by atoms with van der Waals surface area (Å²) in [6, 6.07) is 0. The van der Waals surface area contributed by atoms with Crippen LogP contribution < -0.4 is 5.73 Å². The van der Waals surface area contributed by atoms with E-state index in [0.29, 0.717) is 17.6 Å². The first-order valence-electron chi connectivity index (χ1n) is 6.98. The van der Waals surface area contributed by atoms with Gasteiger partial charge in [-0.05, 0) is 13.8 Å². The van der Waals surface area contributed by atoms with Gasteiger partial charge in [-0.15, -0.1) is 0 Å². The number of nitrogen functional groups attached to an aromatic ring is 1. The summed E-state index contributed by atoms with van der Waals surface area (Å²) in [6.07, 6.45) is 1.94. The van der Waals surface area contributed by atoms with E-state index in [2.05, 4.69) is 15.0 Å². The molecule has 0 bridgehead atoms. The summed E-state index contributed by atoms with van der Waals surface area (Å²) in [5, 5.41) is 19.2. The molecule has 4 N–H and O–H groups in total. The third-order valence-electron chi connectivity index (χ3n) is 3.45.